The van der Waals surface area contributed by atoms with Crippen molar-refractivity contribution in [3.63, 3.8) is 0 Å². The molecule has 41 heavy (non-hydrogen) atoms. The first-order valence-corrected chi connectivity index (χ1v) is 14.1. The van der Waals surface area contributed by atoms with Crippen LogP contribution < -0.4 is 5.32 Å². The first-order chi connectivity index (χ1) is 19.9. The van der Waals surface area contributed by atoms with E-state index in [-0.39, 0.29) is 37.0 Å². The Morgan fingerprint density at radius 1 is 0.951 bits per heavy atom. The van der Waals surface area contributed by atoms with Gasteiger partial charge in [-0.25, -0.2) is 4.79 Å². The SMILES string of the molecule is C[C@H](OCc1ccccc1)[C@@H](NC(=O)OCC1c2ccccc2-c2ccccc21)C(=O)N1CC(C(=O)O)C2(CC2)C1. The average molecular weight is 555 g/mol. The minimum absolute atomic E-state index is 0.112. The Kier molecular flexibility index (Phi) is 7.26. The van der Waals surface area contributed by atoms with E-state index in [9.17, 15) is 19.5 Å². The van der Waals surface area contributed by atoms with E-state index < -0.39 is 30.1 Å². The van der Waals surface area contributed by atoms with Gasteiger partial charge in [0.1, 0.15) is 12.6 Å². The molecule has 212 valence electrons. The van der Waals surface area contributed by atoms with Crippen molar-refractivity contribution in [3.05, 3.63) is 95.6 Å². The Labute approximate surface area is 239 Å². The van der Waals surface area contributed by atoms with Gasteiger partial charge in [0.2, 0.25) is 5.91 Å². The summed E-state index contributed by atoms with van der Waals surface area (Å²) in [7, 11) is 0. The first kappa shape index (κ1) is 27.0. The van der Waals surface area contributed by atoms with Crippen LogP contribution in [0.2, 0.25) is 0 Å². The lowest BCUT2D eigenvalue weighted by atomic mass is 9.93. The third-order valence-corrected chi connectivity index (χ3v) is 8.86. The van der Waals surface area contributed by atoms with Crippen LogP contribution >= 0.6 is 0 Å². The second kappa shape index (κ2) is 11.0. The molecule has 8 nitrogen and oxygen atoms in total. The van der Waals surface area contributed by atoms with Gasteiger partial charge in [0.15, 0.2) is 0 Å². The monoisotopic (exact) mass is 554 g/mol. The lowest BCUT2D eigenvalue weighted by Crippen LogP contribution is -2.54. The zero-order valence-electron chi connectivity index (χ0n) is 23.0. The smallest absolute Gasteiger partial charge is 0.407 e. The van der Waals surface area contributed by atoms with Crippen molar-refractivity contribution < 1.29 is 29.0 Å². The molecule has 2 N–H and O–H groups in total. The molecule has 2 aliphatic carbocycles. The number of rotatable bonds is 9. The van der Waals surface area contributed by atoms with Crippen LogP contribution in [0.3, 0.4) is 0 Å². The maximum atomic E-state index is 13.8. The van der Waals surface area contributed by atoms with E-state index in [2.05, 4.69) is 17.4 Å². The molecule has 1 spiro atoms. The van der Waals surface area contributed by atoms with Gasteiger partial charge in [0.25, 0.3) is 0 Å². The fraction of sp³-hybridized carbons (Fsp3) is 0.364. The second-order valence-corrected chi connectivity index (χ2v) is 11.4. The van der Waals surface area contributed by atoms with Gasteiger partial charge in [-0.05, 0) is 47.6 Å². The van der Waals surface area contributed by atoms with Crippen LogP contribution in [0.15, 0.2) is 78.9 Å². The zero-order chi connectivity index (χ0) is 28.6. The van der Waals surface area contributed by atoms with Crippen LogP contribution in [0.4, 0.5) is 4.79 Å². The van der Waals surface area contributed by atoms with Gasteiger partial charge in [0.05, 0.1) is 18.6 Å². The number of carboxylic acid groups (broad SMARTS) is 1. The highest BCUT2D eigenvalue weighted by atomic mass is 16.5. The summed E-state index contributed by atoms with van der Waals surface area (Å²) in [6.07, 6.45) is 0.189. The largest absolute Gasteiger partial charge is 0.481 e. The molecular weight excluding hydrogens is 520 g/mol. The minimum atomic E-state index is -1.03. The quantitative estimate of drug-likeness (QED) is 0.393. The number of aliphatic carboxylic acids is 1. The molecule has 3 aromatic rings. The second-order valence-electron chi connectivity index (χ2n) is 11.4. The molecule has 0 radical (unpaired) electrons. The van der Waals surface area contributed by atoms with Gasteiger partial charge < -0.3 is 24.8 Å². The number of carbonyl (C=O) groups excluding carboxylic acids is 2. The van der Waals surface area contributed by atoms with E-state index in [1.807, 2.05) is 66.7 Å². The van der Waals surface area contributed by atoms with Gasteiger partial charge in [-0.1, -0.05) is 78.9 Å². The number of ether oxygens (including phenoxy) is 2. The highest BCUT2D eigenvalue weighted by molar-refractivity contribution is 5.88. The van der Waals surface area contributed by atoms with Crippen molar-refractivity contribution >= 4 is 18.0 Å². The molecule has 0 aromatic heterocycles. The molecule has 1 saturated heterocycles. The number of carbonyl (C=O) groups is 3. The van der Waals surface area contributed by atoms with Crippen LogP contribution in [0.25, 0.3) is 11.1 Å². The normalized spacial score (nSPS) is 19.7. The highest BCUT2D eigenvalue weighted by Crippen LogP contribution is 2.56. The molecule has 2 amide bonds. The Morgan fingerprint density at radius 3 is 2.15 bits per heavy atom. The number of alkyl carbamates (subject to hydrolysis) is 1. The molecule has 1 aliphatic heterocycles. The molecule has 3 aliphatic rings. The lowest BCUT2D eigenvalue weighted by molar-refractivity contribution is -0.143. The van der Waals surface area contributed by atoms with Gasteiger partial charge in [-0.3, -0.25) is 9.59 Å². The predicted molar refractivity (Wildman–Crippen MR) is 152 cm³/mol. The molecule has 3 aromatic carbocycles. The molecule has 1 heterocycles. The summed E-state index contributed by atoms with van der Waals surface area (Å²) in [4.78, 5) is 40.5. The van der Waals surface area contributed by atoms with Crippen LogP contribution in [-0.2, 0) is 25.7 Å². The number of amides is 2. The van der Waals surface area contributed by atoms with Crippen LogP contribution in [0.1, 0.15) is 42.4 Å². The summed E-state index contributed by atoms with van der Waals surface area (Å²) in [5.41, 5.74) is 5.04. The number of nitrogens with one attached hydrogen (secondary N) is 1. The summed E-state index contributed by atoms with van der Waals surface area (Å²) >= 11 is 0. The average Bonchev–Trinajstić information content (AvgIpc) is 3.54. The van der Waals surface area contributed by atoms with Gasteiger partial charge >= 0.3 is 12.1 Å². The summed E-state index contributed by atoms with van der Waals surface area (Å²) in [6, 6.07) is 24.7. The van der Waals surface area contributed by atoms with Gasteiger partial charge in [0, 0.05) is 24.4 Å². The van der Waals surface area contributed by atoms with Crippen molar-refractivity contribution in [3.8, 4) is 11.1 Å². The van der Waals surface area contributed by atoms with Crippen molar-refractivity contribution in [2.45, 2.75) is 44.4 Å². The fourth-order valence-electron chi connectivity index (χ4n) is 6.39. The molecule has 8 heteroatoms. The topological polar surface area (TPSA) is 105 Å². The van der Waals surface area contributed by atoms with E-state index >= 15 is 0 Å². The third-order valence-electron chi connectivity index (χ3n) is 8.86. The molecular formula is C33H34N2O6. The van der Waals surface area contributed by atoms with Gasteiger partial charge in [-0.2, -0.15) is 0 Å². The van der Waals surface area contributed by atoms with Crippen LogP contribution in [0, 0.1) is 11.3 Å². The Hall–Kier alpha value is -4.17. The van der Waals surface area contributed by atoms with E-state index in [1.165, 1.54) is 0 Å². The van der Waals surface area contributed by atoms with E-state index in [0.717, 1.165) is 40.7 Å². The summed E-state index contributed by atoms with van der Waals surface area (Å²) in [5, 5.41) is 12.5. The van der Waals surface area contributed by atoms with Crippen molar-refractivity contribution in [2.75, 3.05) is 19.7 Å². The van der Waals surface area contributed by atoms with Crippen molar-refractivity contribution in [1.29, 1.82) is 0 Å². The molecule has 1 saturated carbocycles. The minimum Gasteiger partial charge on any atom is -0.481 e. The van der Waals surface area contributed by atoms with Crippen molar-refractivity contribution in [2.24, 2.45) is 11.3 Å². The van der Waals surface area contributed by atoms with Crippen molar-refractivity contribution in [1.82, 2.24) is 10.2 Å². The summed E-state index contributed by atoms with van der Waals surface area (Å²) < 4.78 is 11.8. The standard InChI is InChI=1S/C33H34N2O6/c1-21(40-18-22-9-3-2-4-10-22)29(30(36)35-17-28(31(37)38)33(20-35)15-16-33)34-32(39)41-19-27-25-13-7-5-11-23(25)24-12-6-8-14-26(24)27/h2-14,21,27-29H,15-20H2,1H3,(H,34,39)(H,37,38)/t21-,28?,29+/m0/s1. The van der Waals surface area contributed by atoms with Crippen LogP contribution in [-0.4, -0.2) is 59.8 Å². The Balaban J connectivity index is 1.16. The molecule has 0 bridgehead atoms. The summed E-state index contributed by atoms with van der Waals surface area (Å²) in [5.74, 6) is -1.94. The Morgan fingerprint density at radius 2 is 1.56 bits per heavy atom. The maximum Gasteiger partial charge on any atom is 0.407 e. The first-order valence-electron chi connectivity index (χ1n) is 14.1. The fourth-order valence-corrected chi connectivity index (χ4v) is 6.39. The lowest BCUT2D eigenvalue weighted by Gasteiger charge is -2.29. The number of hydrogen-bond donors (Lipinski definition) is 2. The maximum absolute atomic E-state index is 13.8. The molecule has 1 unspecified atom stereocenters. The number of nitrogens with zero attached hydrogens (tertiary/aromatic N) is 1. The molecule has 3 atom stereocenters. The highest BCUT2D eigenvalue weighted by Gasteiger charge is 2.59. The zero-order valence-corrected chi connectivity index (χ0v) is 23.0. The molecule has 6 rings (SSSR count). The number of carboxylic acids is 1. The number of benzene rings is 3. The van der Waals surface area contributed by atoms with E-state index in [1.54, 1.807) is 11.8 Å². The number of likely N-dealkylation sites (tertiary alicyclic amines) is 1. The van der Waals surface area contributed by atoms with Gasteiger partial charge in [-0.15, -0.1) is 0 Å². The van der Waals surface area contributed by atoms with E-state index in [0.29, 0.717) is 6.54 Å². The van der Waals surface area contributed by atoms with E-state index in [4.69, 9.17) is 9.47 Å². The summed E-state index contributed by atoms with van der Waals surface area (Å²) in [6.45, 7) is 2.63. The predicted octanol–water partition coefficient (Wildman–Crippen LogP) is 4.82. The Bertz CT molecular complexity index is 1410. The number of hydrogen-bond acceptors (Lipinski definition) is 5. The van der Waals surface area contributed by atoms with Crippen LogP contribution in [0.5, 0.6) is 0 Å². The third kappa shape index (κ3) is 5.32. The number of fused-ring (bicyclic) bond motifs is 3. The molecule has 2 fully saturated rings.